The van der Waals surface area contributed by atoms with Crippen LogP contribution in [-0.2, 0) is 11.8 Å². The molecule has 1 N–H and O–H groups in total. The third-order valence-electron chi connectivity index (χ3n) is 5.39. The zero-order valence-corrected chi connectivity index (χ0v) is 12.0. The fourth-order valence-electron chi connectivity index (χ4n) is 4.06. The molecule has 3 nitrogen and oxygen atoms in total. The van der Waals surface area contributed by atoms with E-state index in [9.17, 15) is 5.11 Å². The van der Waals surface area contributed by atoms with Gasteiger partial charge in [-0.2, -0.15) is 0 Å². The summed E-state index contributed by atoms with van der Waals surface area (Å²) in [6.07, 6.45) is 2.14. The van der Waals surface area contributed by atoms with Gasteiger partial charge in [-0.05, 0) is 49.7 Å². The summed E-state index contributed by atoms with van der Waals surface area (Å²) in [6.45, 7) is 3.68. The second-order valence-corrected chi connectivity index (χ2v) is 6.23. The highest BCUT2D eigenvalue weighted by Crippen LogP contribution is 2.48. The van der Waals surface area contributed by atoms with Gasteiger partial charge in [0.15, 0.2) is 0 Å². The monoisotopic (exact) mass is 261 g/mol. The molecule has 0 radical (unpaired) electrons. The number of nitrogens with zero attached hydrogens (tertiary/aromatic N) is 1. The Bertz CT molecular complexity index is 488. The third kappa shape index (κ3) is 1.79. The molecule has 1 fully saturated rings. The number of benzene rings is 1. The van der Waals surface area contributed by atoms with E-state index in [1.165, 1.54) is 11.1 Å². The molecule has 2 bridgehead atoms. The molecule has 1 saturated heterocycles. The standard InChI is InChI=1S/C16H23NO2/c1-16-6-7-17(2)15(14(16)10-18)8-11-4-5-12(19-3)9-13(11)16/h4-5,9,14-15,18H,6-8,10H2,1-3H3. The lowest BCUT2D eigenvalue weighted by molar-refractivity contribution is 0.00558. The highest BCUT2D eigenvalue weighted by molar-refractivity contribution is 5.44. The van der Waals surface area contributed by atoms with Crippen molar-refractivity contribution >= 4 is 0 Å². The molecule has 0 spiro atoms. The van der Waals surface area contributed by atoms with Gasteiger partial charge in [0.1, 0.15) is 5.75 Å². The Hall–Kier alpha value is -1.06. The average molecular weight is 261 g/mol. The topological polar surface area (TPSA) is 32.7 Å². The Kier molecular flexibility index (Phi) is 3.06. The first kappa shape index (κ1) is 12.9. The van der Waals surface area contributed by atoms with Gasteiger partial charge in [-0.15, -0.1) is 0 Å². The molecular formula is C16H23NO2. The molecule has 1 aliphatic carbocycles. The normalized spacial score (nSPS) is 33.9. The molecule has 3 atom stereocenters. The summed E-state index contributed by atoms with van der Waals surface area (Å²) >= 11 is 0. The first-order valence-electron chi connectivity index (χ1n) is 7.08. The predicted octanol–water partition coefficient (Wildman–Crippen LogP) is 1.82. The van der Waals surface area contributed by atoms with Gasteiger partial charge in [0, 0.05) is 24.0 Å². The van der Waals surface area contributed by atoms with Crippen LogP contribution in [-0.4, -0.2) is 43.4 Å². The van der Waals surface area contributed by atoms with Crippen molar-refractivity contribution < 1.29 is 9.84 Å². The molecule has 1 aromatic rings. The predicted molar refractivity (Wildman–Crippen MR) is 75.7 cm³/mol. The van der Waals surface area contributed by atoms with E-state index < -0.39 is 0 Å². The zero-order chi connectivity index (χ0) is 13.6. The Balaban J connectivity index is 2.13. The van der Waals surface area contributed by atoms with Crippen molar-refractivity contribution in [3.63, 3.8) is 0 Å². The van der Waals surface area contributed by atoms with E-state index in [2.05, 4.69) is 37.1 Å². The van der Waals surface area contributed by atoms with Crippen LogP contribution in [0.4, 0.5) is 0 Å². The lowest BCUT2D eigenvalue weighted by Gasteiger charge is -2.54. The molecule has 1 heterocycles. The SMILES string of the molecule is COc1ccc2c(c1)C1(C)CCN(C)C(C2)C1CO. The maximum Gasteiger partial charge on any atom is 0.119 e. The number of hydrogen-bond acceptors (Lipinski definition) is 3. The van der Waals surface area contributed by atoms with Crippen molar-refractivity contribution in [2.45, 2.75) is 31.2 Å². The van der Waals surface area contributed by atoms with E-state index in [-0.39, 0.29) is 12.0 Å². The number of fused-ring (bicyclic) bond motifs is 4. The number of likely N-dealkylation sites (tertiary alicyclic amines) is 1. The molecule has 0 saturated carbocycles. The molecule has 1 aromatic carbocycles. The van der Waals surface area contributed by atoms with Gasteiger partial charge in [0.2, 0.25) is 0 Å². The van der Waals surface area contributed by atoms with Gasteiger partial charge < -0.3 is 14.7 Å². The van der Waals surface area contributed by atoms with E-state index in [1.54, 1.807) is 7.11 Å². The number of methoxy groups -OCH3 is 1. The number of hydrogen-bond donors (Lipinski definition) is 1. The lowest BCUT2D eigenvalue weighted by atomic mass is 9.58. The quantitative estimate of drug-likeness (QED) is 0.881. The summed E-state index contributed by atoms with van der Waals surface area (Å²) in [5, 5.41) is 9.87. The largest absolute Gasteiger partial charge is 0.497 e. The van der Waals surface area contributed by atoms with Crippen LogP contribution in [0.2, 0.25) is 0 Å². The second kappa shape index (κ2) is 4.50. The minimum absolute atomic E-state index is 0.0774. The number of aliphatic hydroxyl groups excluding tert-OH is 1. The number of aliphatic hydroxyl groups is 1. The Morgan fingerprint density at radius 2 is 2.26 bits per heavy atom. The number of likely N-dealkylation sites (N-methyl/N-ethyl adjacent to an activating group) is 1. The minimum atomic E-state index is 0.0774. The van der Waals surface area contributed by atoms with Crippen molar-refractivity contribution in [1.29, 1.82) is 0 Å². The van der Waals surface area contributed by atoms with Crippen LogP contribution in [0.5, 0.6) is 5.75 Å². The highest BCUT2D eigenvalue weighted by Gasteiger charge is 2.49. The number of ether oxygens (including phenoxy) is 1. The van der Waals surface area contributed by atoms with E-state index in [4.69, 9.17) is 4.74 Å². The van der Waals surface area contributed by atoms with Gasteiger partial charge in [-0.25, -0.2) is 0 Å². The van der Waals surface area contributed by atoms with Crippen LogP contribution in [0.3, 0.4) is 0 Å². The van der Waals surface area contributed by atoms with Gasteiger partial charge >= 0.3 is 0 Å². The van der Waals surface area contributed by atoms with Gasteiger partial charge in [0.25, 0.3) is 0 Å². The molecule has 19 heavy (non-hydrogen) atoms. The van der Waals surface area contributed by atoms with Crippen molar-refractivity contribution in [2.75, 3.05) is 27.3 Å². The summed E-state index contributed by atoms with van der Waals surface area (Å²) < 4.78 is 5.38. The molecule has 1 aliphatic heterocycles. The van der Waals surface area contributed by atoms with Crippen LogP contribution in [0, 0.1) is 5.92 Å². The first-order valence-corrected chi connectivity index (χ1v) is 7.08. The zero-order valence-electron chi connectivity index (χ0n) is 12.0. The van der Waals surface area contributed by atoms with Crippen LogP contribution >= 0.6 is 0 Å². The summed E-state index contributed by atoms with van der Waals surface area (Å²) in [7, 11) is 3.90. The molecule has 0 amide bonds. The van der Waals surface area contributed by atoms with Gasteiger partial charge in [0.05, 0.1) is 7.11 Å². The summed E-state index contributed by atoms with van der Waals surface area (Å²) in [4.78, 5) is 2.41. The Morgan fingerprint density at radius 1 is 1.47 bits per heavy atom. The van der Waals surface area contributed by atoms with E-state index >= 15 is 0 Å². The Morgan fingerprint density at radius 3 is 2.95 bits per heavy atom. The van der Waals surface area contributed by atoms with Gasteiger partial charge in [-0.1, -0.05) is 13.0 Å². The van der Waals surface area contributed by atoms with Crippen LogP contribution in [0.1, 0.15) is 24.5 Å². The molecular weight excluding hydrogens is 238 g/mol. The molecule has 0 aromatic heterocycles. The fourth-order valence-corrected chi connectivity index (χ4v) is 4.06. The molecule has 3 rings (SSSR count). The maximum atomic E-state index is 9.87. The van der Waals surface area contributed by atoms with E-state index in [1.807, 2.05) is 0 Å². The lowest BCUT2D eigenvalue weighted by Crippen LogP contribution is -2.58. The van der Waals surface area contributed by atoms with Crippen molar-refractivity contribution in [3.05, 3.63) is 29.3 Å². The summed E-state index contributed by atoms with van der Waals surface area (Å²) in [6, 6.07) is 6.90. The van der Waals surface area contributed by atoms with E-state index in [0.29, 0.717) is 12.0 Å². The Labute approximate surface area is 115 Å². The second-order valence-electron chi connectivity index (χ2n) is 6.23. The smallest absolute Gasteiger partial charge is 0.119 e. The highest BCUT2D eigenvalue weighted by atomic mass is 16.5. The summed E-state index contributed by atoms with van der Waals surface area (Å²) in [5.41, 5.74) is 2.88. The number of piperidine rings is 1. The van der Waals surface area contributed by atoms with Crippen molar-refractivity contribution in [2.24, 2.45) is 5.92 Å². The molecule has 104 valence electrons. The van der Waals surface area contributed by atoms with Gasteiger partial charge in [-0.3, -0.25) is 0 Å². The van der Waals surface area contributed by atoms with Crippen molar-refractivity contribution in [3.8, 4) is 5.75 Å². The fraction of sp³-hybridized carbons (Fsp3) is 0.625. The van der Waals surface area contributed by atoms with Crippen LogP contribution < -0.4 is 4.74 Å². The van der Waals surface area contributed by atoms with Crippen LogP contribution in [0.15, 0.2) is 18.2 Å². The number of rotatable bonds is 2. The first-order chi connectivity index (χ1) is 9.10. The average Bonchev–Trinajstić information content (AvgIpc) is 2.43. The van der Waals surface area contributed by atoms with Crippen molar-refractivity contribution in [1.82, 2.24) is 4.90 Å². The molecule has 2 aliphatic rings. The van der Waals surface area contributed by atoms with Crippen LogP contribution in [0.25, 0.3) is 0 Å². The maximum absolute atomic E-state index is 9.87. The molecule has 3 heteroatoms. The summed E-state index contributed by atoms with van der Waals surface area (Å²) in [5.74, 6) is 1.25. The van der Waals surface area contributed by atoms with E-state index in [0.717, 1.165) is 25.1 Å². The molecule has 3 unspecified atom stereocenters. The minimum Gasteiger partial charge on any atom is -0.497 e. The third-order valence-corrected chi connectivity index (χ3v) is 5.39.